The van der Waals surface area contributed by atoms with E-state index in [2.05, 4.69) is 41.7 Å². The van der Waals surface area contributed by atoms with Crippen molar-refractivity contribution in [2.75, 3.05) is 18.8 Å². The first-order chi connectivity index (χ1) is 23.3. The number of fused-ring (bicyclic) bond motifs is 3. The van der Waals surface area contributed by atoms with Crippen LogP contribution < -0.4 is 21.3 Å². The maximum Gasteiger partial charge on any atom is 0.315 e. The molecule has 2 aliphatic carbocycles. The zero-order chi connectivity index (χ0) is 35.4. The van der Waals surface area contributed by atoms with E-state index in [4.69, 9.17) is 0 Å². The van der Waals surface area contributed by atoms with Crippen molar-refractivity contribution >= 4 is 39.4 Å². The molecule has 13 heteroatoms. The van der Waals surface area contributed by atoms with Crippen LogP contribution in [0.3, 0.4) is 0 Å². The van der Waals surface area contributed by atoms with E-state index in [1.807, 2.05) is 0 Å². The van der Waals surface area contributed by atoms with E-state index in [0.29, 0.717) is 45.1 Å². The number of rotatable bonds is 7. The number of piperidine rings is 1. The van der Waals surface area contributed by atoms with Crippen molar-refractivity contribution in [3.8, 4) is 0 Å². The highest BCUT2D eigenvalue weighted by Crippen LogP contribution is 2.65. The Morgan fingerprint density at radius 2 is 1.53 bits per heavy atom. The van der Waals surface area contributed by atoms with Crippen LogP contribution in [0.5, 0.6) is 0 Å². The minimum absolute atomic E-state index is 0.0895. The standard InChI is InChI=1S/C36H57N5O7S/c1-4-21-37-32(44)30(42)25-16-12-9-7-5-6-8-10-13-17-26(33(45)41-23-24-28(35(24,2)3)29(41)31(43)38-25)39-34(46)40-36(19-14-11-15-20-36)27-18-22-49(27,47)48/h4,24-29H,1,5-23H2,2-3H3,(H,37,44)(H,38,43)(H2,39,40,46)/t24-,25+,26+,27-,28-,29-/m0/s1. The minimum Gasteiger partial charge on any atom is -0.346 e. The lowest BCUT2D eigenvalue weighted by molar-refractivity contribution is -0.144. The molecule has 5 fully saturated rings. The topological polar surface area (TPSA) is 171 Å². The number of ketones is 1. The highest BCUT2D eigenvalue weighted by Gasteiger charge is 2.69. The molecular weight excluding hydrogens is 646 g/mol. The quantitative estimate of drug-likeness (QED) is 0.233. The van der Waals surface area contributed by atoms with Gasteiger partial charge in [-0.25, -0.2) is 13.2 Å². The highest BCUT2D eigenvalue weighted by atomic mass is 32.2. The zero-order valence-electron chi connectivity index (χ0n) is 29.4. The van der Waals surface area contributed by atoms with Crippen LogP contribution in [0.25, 0.3) is 0 Å². The first kappa shape index (κ1) is 37.3. The third-order valence-electron chi connectivity index (χ3n) is 12.2. The van der Waals surface area contributed by atoms with Crippen LogP contribution in [0.2, 0.25) is 0 Å². The third-order valence-corrected chi connectivity index (χ3v) is 14.5. The minimum atomic E-state index is -3.28. The van der Waals surface area contributed by atoms with Gasteiger partial charge in [-0.15, -0.1) is 6.58 Å². The van der Waals surface area contributed by atoms with Crippen molar-refractivity contribution in [3.63, 3.8) is 0 Å². The number of amides is 5. The third kappa shape index (κ3) is 8.17. The number of hydrogen-bond donors (Lipinski definition) is 4. The number of sulfone groups is 1. The fourth-order valence-corrected chi connectivity index (χ4v) is 11.0. The number of nitrogens with one attached hydrogen (secondary N) is 4. The van der Waals surface area contributed by atoms with Crippen LogP contribution >= 0.6 is 0 Å². The molecular formula is C36H57N5O7S. The average molecular weight is 704 g/mol. The lowest BCUT2D eigenvalue weighted by atomic mass is 9.78. The van der Waals surface area contributed by atoms with Gasteiger partial charge in [0.15, 0.2) is 9.84 Å². The summed E-state index contributed by atoms with van der Waals surface area (Å²) in [4.78, 5) is 69.8. The van der Waals surface area contributed by atoms with Gasteiger partial charge in [0.1, 0.15) is 12.1 Å². The Balaban J connectivity index is 1.37. The predicted molar refractivity (Wildman–Crippen MR) is 186 cm³/mol. The summed E-state index contributed by atoms with van der Waals surface area (Å²) in [7, 11) is -3.28. The van der Waals surface area contributed by atoms with E-state index in [-0.39, 0.29) is 35.5 Å². The second-order valence-electron chi connectivity index (χ2n) is 15.7. The number of nitrogens with zero attached hydrogens (tertiary/aromatic N) is 1. The van der Waals surface area contributed by atoms with Gasteiger partial charge in [-0.2, -0.15) is 0 Å². The second-order valence-corrected chi connectivity index (χ2v) is 18.0. The van der Waals surface area contributed by atoms with Crippen molar-refractivity contribution in [1.82, 2.24) is 26.2 Å². The normalized spacial score (nSPS) is 32.9. The Morgan fingerprint density at radius 3 is 2.12 bits per heavy atom. The summed E-state index contributed by atoms with van der Waals surface area (Å²) in [6.07, 6.45) is 13.7. The Morgan fingerprint density at radius 1 is 0.918 bits per heavy atom. The maximum absolute atomic E-state index is 14.4. The van der Waals surface area contributed by atoms with Crippen molar-refractivity contribution in [1.29, 1.82) is 0 Å². The molecule has 0 unspecified atom stereocenters. The molecule has 3 saturated heterocycles. The molecule has 6 atom stereocenters. The summed E-state index contributed by atoms with van der Waals surface area (Å²) >= 11 is 0. The molecule has 12 nitrogen and oxygen atoms in total. The van der Waals surface area contributed by atoms with Gasteiger partial charge in [0.25, 0.3) is 5.91 Å². The van der Waals surface area contributed by atoms with E-state index in [9.17, 15) is 32.4 Å². The van der Waals surface area contributed by atoms with Gasteiger partial charge in [-0.3, -0.25) is 19.2 Å². The largest absolute Gasteiger partial charge is 0.346 e. The Labute approximate surface area is 291 Å². The van der Waals surface area contributed by atoms with Gasteiger partial charge < -0.3 is 26.2 Å². The van der Waals surface area contributed by atoms with Crippen LogP contribution in [-0.4, -0.2) is 90.6 Å². The SMILES string of the molecule is C=CCNC(=O)C(=O)[C@H]1CCCCCCCCCC[C@@H](NC(=O)NC2([C@@H]3CCS3(=O)=O)CCCCC2)C(=O)N2C[C@H]3[C@@H]([C@H]2C(=O)N1)C3(C)C. The summed E-state index contributed by atoms with van der Waals surface area (Å²) in [6, 6.07) is -3.30. The molecule has 49 heavy (non-hydrogen) atoms. The fraction of sp³-hybridized carbons (Fsp3) is 0.806. The van der Waals surface area contributed by atoms with Crippen molar-refractivity contribution < 1.29 is 32.4 Å². The number of urea groups is 1. The van der Waals surface area contributed by atoms with E-state index in [1.54, 1.807) is 4.90 Å². The van der Waals surface area contributed by atoms with Crippen molar-refractivity contribution in [2.45, 2.75) is 145 Å². The van der Waals surface area contributed by atoms with Crippen LogP contribution in [0.4, 0.5) is 4.79 Å². The van der Waals surface area contributed by atoms with Gasteiger partial charge >= 0.3 is 6.03 Å². The van der Waals surface area contributed by atoms with Crippen molar-refractivity contribution in [3.05, 3.63) is 12.7 Å². The smallest absolute Gasteiger partial charge is 0.315 e. The highest BCUT2D eigenvalue weighted by molar-refractivity contribution is 7.93. The number of carbonyl (C=O) groups excluding carboxylic acids is 5. The first-order valence-corrected chi connectivity index (χ1v) is 20.4. The molecule has 0 radical (unpaired) electrons. The molecule has 3 aliphatic heterocycles. The van der Waals surface area contributed by atoms with Gasteiger partial charge in [-0.1, -0.05) is 90.6 Å². The lowest BCUT2D eigenvalue weighted by Gasteiger charge is -2.47. The average Bonchev–Trinajstić information content (AvgIpc) is 3.36. The van der Waals surface area contributed by atoms with E-state index in [0.717, 1.165) is 64.2 Å². The molecule has 0 aromatic rings. The predicted octanol–water partition coefficient (Wildman–Crippen LogP) is 3.30. The Bertz CT molecular complexity index is 1390. The monoisotopic (exact) mass is 703 g/mol. The molecule has 2 saturated carbocycles. The lowest BCUT2D eigenvalue weighted by Crippen LogP contribution is -2.66. The van der Waals surface area contributed by atoms with Gasteiger partial charge in [0.05, 0.1) is 22.6 Å². The Hall–Kier alpha value is -2.96. The summed E-state index contributed by atoms with van der Waals surface area (Å²) in [5.74, 6) is -2.18. The summed E-state index contributed by atoms with van der Waals surface area (Å²) in [6.45, 7) is 8.23. The summed E-state index contributed by atoms with van der Waals surface area (Å²) in [5, 5.41) is 10.8. The van der Waals surface area contributed by atoms with E-state index in [1.165, 1.54) is 6.08 Å². The molecule has 0 bridgehead atoms. The molecule has 5 rings (SSSR count). The van der Waals surface area contributed by atoms with Crippen LogP contribution in [-0.2, 0) is 29.0 Å². The van der Waals surface area contributed by atoms with Crippen LogP contribution in [0.1, 0.15) is 117 Å². The molecule has 0 aromatic heterocycles. The first-order valence-electron chi connectivity index (χ1n) is 18.7. The molecule has 5 aliphatic rings. The molecule has 4 N–H and O–H groups in total. The van der Waals surface area contributed by atoms with Gasteiger partial charge in [0, 0.05) is 13.1 Å². The van der Waals surface area contributed by atoms with Gasteiger partial charge in [0.2, 0.25) is 17.6 Å². The number of hydrogen-bond acceptors (Lipinski definition) is 7. The fourth-order valence-electron chi connectivity index (χ4n) is 9.14. The molecule has 3 heterocycles. The molecule has 5 amide bonds. The van der Waals surface area contributed by atoms with E-state index < -0.39 is 62.4 Å². The van der Waals surface area contributed by atoms with Gasteiger partial charge in [-0.05, 0) is 49.4 Å². The number of carbonyl (C=O) groups is 5. The number of Topliss-reactive ketones (excluding diaryl/α,β-unsaturated/α-hetero) is 1. The zero-order valence-corrected chi connectivity index (χ0v) is 30.2. The molecule has 0 spiro atoms. The van der Waals surface area contributed by atoms with Crippen molar-refractivity contribution in [2.24, 2.45) is 17.3 Å². The summed E-state index contributed by atoms with van der Waals surface area (Å²) in [5.41, 5.74) is -1.03. The molecule has 274 valence electrons. The second kappa shape index (κ2) is 15.5. The van der Waals surface area contributed by atoms with E-state index >= 15 is 0 Å². The van der Waals surface area contributed by atoms with Crippen LogP contribution in [0.15, 0.2) is 12.7 Å². The summed E-state index contributed by atoms with van der Waals surface area (Å²) < 4.78 is 25.5. The Kier molecular flexibility index (Phi) is 11.8. The maximum atomic E-state index is 14.4. The molecule has 0 aromatic carbocycles. The van der Waals surface area contributed by atoms with Crippen LogP contribution in [0, 0.1) is 17.3 Å².